The molecule has 0 radical (unpaired) electrons. The van der Waals surface area contributed by atoms with Gasteiger partial charge >= 0.3 is 0 Å². The number of benzene rings is 2. The van der Waals surface area contributed by atoms with Crippen LogP contribution in [0.1, 0.15) is 48.4 Å². The molecule has 7 nitrogen and oxygen atoms in total. The van der Waals surface area contributed by atoms with Gasteiger partial charge < -0.3 is 17.2 Å². The highest BCUT2D eigenvalue weighted by Gasteiger charge is 2.21. The zero-order chi connectivity index (χ0) is 18.0. The van der Waals surface area contributed by atoms with E-state index in [1.807, 2.05) is 0 Å². The van der Waals surface area contributed by atoms with E-state index >= 15 is 0 Å². The van der Waals surface area contributed by atoms with Gasteiger partial charge in [0, 0.05) is 27.8 Å². The van der Waals surface area contributed by atoms with Crippen LogP contribution in [0.3, 0.4) is 0 Å². The third-order valence-corrected chi connectivity index (χ3v) is 3.51. The molecular weight excluding hydrogens is 310 g/mol. The molecule has 0 spiro atoms. The maximum atomic E-state index is 11.8. The highest BCUT2D eigenvalue weighted by atomic mass is 16.2. The SMILES string of the molecule is CC(=O)c1cccc(-c2c(C(N)=O)cc(C(N)=O)cc2C(N)=O)c1. The van der Waals surface area contributed by atoms with Crippen LogP contribution < -0.4 is 17.2 Å². The van der Waals surface area contributed by atoms with Gasteiger partial charge in [0.1, 0.15) is 0 Å². The molecule has 0 saturated heterocycles. The predicted octanol–water partition coefficient (Wildman–Crippen LogP) is 0.853. The van der Waals surface area contributed by atoms with E-state index in [4.69, 9.17) is 17.2 Å². The van der Waals surface area contributed by atoms with E-state index in [1.54, 1.807) is 18.2 Å². The van der Waals surface area contributed by atoms with Crippen LogP contribution in [0.25, 0.3) is 11.1 Å². The maximum absolute atomic E-state index is 11.8. The molecule has 2 rings (SSSR count). The van der Waals surface area contributed by atoms with Gasteiger partial charge in [-0.05, 0) is 30.7 Å². The van der Waals surface area contributed by atoms with Gasteiger partial charge in [-0.15, -0.1) is 0 Å². The molecule has 0 aromatic heterocycles. The molecule has 2 aromatic rings. The standard InChI is InChI=1S/C17H15N3O4/c1-8(21)9-3-2-4-10(5-9)14-12(16(19)23)6-11(15(18)22)7-13(14)17(20)24/h2-7H,1H3,(H2,18,22)(H2,19,23)(H2,20,24). The first-order valence-corrected chi connectivity index (χ1v) is 6.91. The summed E-state index contributed by atoms with van der Waals surface area (Å²) in [5.74, 6) is -2.73. The van der Waals surface area contributed by atoms with Crippen molar-refractivity contribution in [3.63, 3.8) is 0 Å². The lowest BCUT2D eigenvalue weighted by Gasteiger charge is -2.14. The number of rotatable bonds is 5. The Labute approximate surface area is 137 Å². The summed E-state index contributed by atoms with van der Waals surface area (Å²) in [5, 5.41) is 0. The van der Waals surface area contributed by atoms with Gasteiger partial charge in [0.15, 0.2) is 5.78 Å². The highest BCUT2D eigenvalue weighted by Crippen LogP contribution is 2.30. The molecule has 0 heterocycles. The van der Waals surface area contributed by atoms with Crippen LogP contribution >= 0.6 is 0 Å². The molecule has 0 saturated carbocycles. The van der Waals surface area contributed by atoms with Crippen molar-refractivity contribution in [3.8, 4) is 11.1 Å². The number of carbonyl (C=O) groups is 4. The number of hydrogen-bond donors (Lipinski definition) is 3. The van der Waals surface area contributed by atoms with Crippen molar-refractivity contribution in [2.75, 3.05) is 0 Å². The lowest BCUT2D eigenvalue weighted by Crippen LogP contribution is -2.21. The second kappa shape index (κ2) is 6.33. The van der Waals surface area contributed by atoms with Crippen molar-refractivity contribution in [1.29, 1.82) is 0 Å². The molecule has 2 aromatic carbocycles. The van der Waals surface area contributed by atoms with Crippen molar-refractivity contribution in [2.45, 2.75) is 6.92 Å². The molecule has 0 bridgehead atoms. The van der Waals surface area contributed by atoms with Gasteiger partial charge in [0.05, 0.1) is 0 Å². The van der Waals surface area contributed by atoms with Gasteiger partial charge in [0.25, 0.3) is 0 Å². The number of carbonyl (C=O) groups excluding carboxylic acids is 4. The molecule has 3 amide bonds. The average Bonchev–Trinajstić information content (AvgIpc) is 2.53. The van der Waals surface area contributed by atoms with Crippen molar-refractivity contribution in [1.82, 2.24) is 0 Å². The predicted molar refractivity (Wildman–Crippen MR) is 87.4 cm³/mol. The topological polar surface area (TPSA) is 146 Å². The zero-order valence-corrected chi connectivity index (χ0v) is 12.8. The summed E-state index contributed by atoms with van der Waals surface area (Å²) in [4.78, 5) is 46.6. The van der Waals surface area contributed by atoms with Crippen molar-refractivity contribution in [2.24, 2.45) is 17.2 Å². The summed E-state index contributed by atoms with van der Waals surface area (Å²) < 4.78 is 0. The molecule has 24 heavy (non-hydrogen) atoms. The Bertz CT molecular complexity index is 852. The lowest BCUT2D eigenvalue weighted by molar-refractivity contribution is 0.0994. The smallest absolute Gasteiger partial charge is 0.249 e. The van der Waals surface area contributed by atoms with Crippen LogP contribution in [0, 0.1) is 0 Å². The Kier molecular flexibility index (Phi) is 4.45. The largest absolute Gasteiger partial charge is 0.366 e. The van der Waals surface area contributed by atoms with Crippen molar-refractivity contribution >= 4 is 23.5 Å². The van der Waals surface area contributed by atoms with Gasteiger partial charge in [-0.25, -0.2) is 0 Å². The van der Waals surface area contributed by atoms with Gasteiger partial charge in [-0.3, -0.25) is 19.2 Å². The Morgan fingerprint density at radius 1 is 0.750 bits per heavy atom. The molecule has 0 aliphatic heterocycles. The van der Waals surface area contributed by atoms with Crippen molar-refractivity contribution in [3.05, 3.63) is 58.7 Å². The molecule has 0 aliphatic rings. The first-order valence-electron chi connectivity index (χ1n) is 6.91. The molecule has 7 heteroatoms. The number of amides is 3. The molecule has 6 N–H and O–H groups in total. The summed E-state index contributed by atoms with van der Waals surface area (Å²) in [6.07, 6.45) is 0. The molecule has 0 aliphatic carbocycles. The number of primary amides is 3. The molecule has 122 valence electrons. The highest BCUT2D eigenvalue weighted by molar-refractivity contribution is 6.11. The first-order chi connectivity index (χ1) is 11.2. The molecular formula is C17H15N3O4. The Morgan fingerprint density at radius 2 is 1.29 bits per heavy atom. The van der Waals surface area contributed by atoms with Crippen LogP contribution in [0.2, 0.25) is 0 Å². The third-order valence-electron chi connectivity index (χ3n) is 3.51. The average molecular weight is 325 g/mol. The van der Waals surface area contributed by atoms with Crippen LogP contribution in [0.5, 0.6) is 0 Å². The third kappa shape index (κ3) is 3.14. The number of ketones is 1. The quantitative estimate of drug-likeness (QED) is 0.699. The summed E-state index contributed by atoms with van der Waals surface area (Å²) in [6, 6.07) is 8.71. The fraction of sp³-hybridized carbons (Fsp3) is 0.0588. The minimum Gasteiger partial charge on any atom is -0.366 e. The molecule has 0 atom stereocenters. The van der Waals surface area contributed by atoms with Crippen molar-refractivity contribution < 1.29 is 19.2 Å². The Hall–Kier alpha value is -3.48. The fourth-order valence-electron chi connectivity index (χ4n) is 2.38. The van der Waals surface area contributed by atoms with Gasteiger partial charge in [-0.2, -0.15) is 0 Å². The van der Waals surface area contributed by atoms with E-state index in [2.05, 4.69) is 0 Å². The second-order valence-electron chi connectivity index (χ2n) is 5.18. The van der Waals surface area contributed by atoms with E-state index in [0.29, 0.717) is 11.1 Å². The Balaban J connectivity index is 2.88. The van der Waals surface area contributed by atoms with Crippen LogP contribution in [-0.2, 0) is 0 Å². The van der Waals surface area contributed by atoms with E-state index in [9.17, 15) is 19.2 Å². The molecule has 0 unspecified atom stereocenters. The summed E-state index contributed by atoms with van der Waals surface area (Å²) in [6.45, 7) is 1.39. The van der Waals surface area contributed by atoms with Crippen LogP contribution in [0.4, 0.5) is 0 Å². The summed E-state index contributed by atoms with van der Waals surface area (Å²) >= 11 is 0. The van der Waals surface area contributed by atoms with E-state index in [-0.39, 0.29) is 28.0 Å². The minimum absolute atomic E-state index is 0.0657. The number of nitrogens with two attached hydrogens (primary N) is 3. The summed E-state index contributed by atoms with van der Waals surface area (Å²) in [7, 11) is 0. The van der Waals surface area contributed by atoms with Crippen LogP contribution in [0.15, 0.2) is 36.4 Å². The van der Waals surface area contributed by atoms with Gasteiger partial charge in [-0.1, -0.05) is 18.2 Å². The monoisotopic (exact) mass is 325 g/mol. The molecule has 0 fully saturated rings. The van der Waals surface area contributed by atoms with E-state index < -0.39 is 17.7 Å². The fourth-order valence-corrected chi connectivity index (χ4v) is 2.38. The second-order valence-corrected chi connectivity index (χ2v) is 5.18. The van der Waals surface area contributed by atoms with E-state index in [1.165, 1.54) is 25.1 Å². The van der Waals surface area contributed by atoms with E-state index in [0.717, 1.165) is 0 Å². The summed E-state index contributed by atoms with van der Waals surface area (Å²) in [5.41, 5.74) is 16.7. The number of Topliss-reactive ketones (excluding diaryl/α,β-unsaturated/α-hetero) is 1. The lowest BCUT2D eigenvalue weighted by atomic mass is 9.90. The maximum Gasteiger partial charge on any atom is 0.249 e. The number of hydrogen-bond acceptors (Lipinski definition) is 4. The Morgan fingerprint density at radius 3 is 1.71 bits per heavy atom. The minimum atomic E-state index is -0.858. The normalized spacial score (nSPS) is 10.2. The zero-order valence-electron chi connectivity index (χ0n) is 12.8. The first kappa shape index (κ1) is 16.9. The van der Waals surface area contributed by atoms with Gasteiger partial charge in [0.2, 0.25) is 17.7 Å². The van der Waals surface area contributed by atoms with Crippen LogP contribution in [-0.4, -0.2) is 23.5 Å².